The molecule has 0 unspecified atom stereocenters. The summed E-state index contributed by atoms with van der Waals surface area (Å²) in [6.07, 6.45) is 0. The van der Waals surface area contributed by atoms with E-state index in [0.717, 1.165) is 25.2 Å². The van der Waals surface area contributed by atoms with E-state index in [1.807, 2.05) is 18.2 Å². The maximum Gasteiger partial charge on any atom is 0.104 e. The Bertz CT molecular complexity index is 418. The van der Waals surface area contributed by atoms with Gasteiger partial charge < -0.3 is 14.9 Å². The quantitative estimate of drug-likeness (QED) is 0.786. The van der Waals surface area contributed by atoms with Crippen LogP contribution in [-0.4, -0.2) is 55.7 Å². The van der Waals surface area contributed by atoms with Crippen LogP contribution in [0.15, 0.2) is 24.3 Å². The third kappa shape index (κ3) is 5.33. The Kier molecular flexibility index (Phi) is 6.45. The van der Waals surface area contributed by atoms with Crippen LogP contribution >= 0.6 is 0 Å². The van der Waals surface area contributed by atoms with E-state index < -0.39 is 0 Å². The van der Waals surface area contributed by atoms with Gasteiger partial charge in [-0.15, -0.1) is 0 Å². The van der Waals surface area contributed by atoms with Crippen molar-refractivity contribution in [3.05, 3.63) is 35.4 Å². The van der Waals surface area contributed by atoms with Crippen molar-refractivity contribution in [2.24, 2.45) is 0 Å². The summed E-state index contributed by atoms with van der Waals surface area (Å²) in [5.74, 6) is 5.70. The van der Waals surface area contributed by atoms with Gasteiger partial charge in [-0.1, -0.05) is 30.0 Å². The lowest BCUT2D eigenvalue weighted by molar-refractivity contribution is 0.276. The third-order valence-corrected chi connectivity index (χ3v) is 2.69. The first-order valence-electron chi connectivity index (χ1n) is 6.14. The molecule has 0 aromatic heterocycles. The Labute approximate surface area is 110 Å². The summed E-state index contributed by atoms with van der Waals surface area (Å²) in [5.41, 5.74) is 2.21. The van der Waals surface area contributed by atoms with Gasteiger partial charge in [0.15, 0.2) is 0 Å². The van der Waals surface area contributed by atoms with Crippen molar-refractivity contribution in [2.45, 2.75) is 6.54 Å². The molecule has 0 heterocycles. The molecule has 18 heavy (non-hydrogen) atoms. The Hall–Kier alpha value is -1.34. The average molecular weight is 246 g/mol. The lowest BCUT2D eigenvalue weighted by atomic mass is 10.1. The van der Waals surface area contributed by atoms with Crippen molar-refractivity contribution in [3.8, 4) is 11.8 Å². The van der Waals surface area contributed by atoms with E-state index in [9.17, 15) is 0 Å². The van der Waals surface area contributed by atoms with Crippen LogP contribution in [-0.2, 0) is 6.54 Å². The summed E-state index contributed by atoms with van der Waals surface area (Å²) < 4.78 is 0. The summed E-state index contributed by atoms with van der Waals surface area (Å²) in [4.78, 5) is 4.45. The molecule has 3 nitrogen and oxygen atoms in total. The van der Waals surface area contributed by atoms with Crippen LogP contribution in [0.1, 0.15) is 11.1 Å². The van der Waals surface area contributed by atoms with Gasteiger partial charge in [0.2, 0.25) is 0 Å². The number of hydrogen-bond donors (Lipinski definition) is 1. The SMILES string of the molecule is CN(C)CCN(C)Cc1ccccc1C#CCO. The fourth-order valence-electron chi connectivity index (χ4n) is 1.66. The number of nitrogens with zero attached hydrogens (tertiary/aromatic N) is 2. The average Bonchev–Trinajstić information content (AvgIpc) is 2.35. The predicted octanol–water partition coefficient (Wildman–Crippen LogP) is 1.02. The second-order valence-electron chi connectivity index (χ2n) is 4.66. The van der Waals surface area contributed by atoms with Gasteiger partial charge in [-0.3, -0.25) is 0 Å². The highest BCUT2D eigenvalue weighted by Gasteiger charge is 2.04. The second kappa shape index (κ2) is 7.88. The van der Waals surface area contributed by atoms with Crippen LogP contribution in [0, 0.1) is 11.8 Å². The minimum Gasteiger partial charge on any atom is -0.384 e. The molecule has 0 fully saturated rings. The zero-order valence-corrected chi connectivity index (χ0v) is 11.5. The largest absolute Gasteiger partial charge is 0.384 e. The lowest BCUT2D eigenvalue weighted by Crippen LogP contribution is -2.28. The van der Waals surface area contributed by atoms with E-state index in [1.54, 1.807) is 0 Å². The topological polar surface area (TPSA) is 26.7 Å². The normalized spacial score (nSPS) is 10.6. The molecule has 1 aromatic rings. The Balaban J connectivity index is 2.65. The number of rotatable bonds is 5. The van der Waals surface area contributed by atoms with Gasteiger partial charge in [-0.05, 0) is 32.8 Å². The Morgan fingerprint density at radius 3 is 2.50 bits per heavy atom. The van der Waals surface area contributed by atoms with Gasteiger partial charge >= 0.3 is 0 Å². The second-order valence-corrected chi connectivity index (χ2v) is 4.66. The molecule has 1 N–H and O–H groups in total. The molecule has 0 aliphatic carbocycles. The maximum atomic E-state index is 8.76. The Morgan fingerprint density at radius 1 is 1.11 bits per heavy atom. The first kappa shape index (κ1) is 14.7. The zero-order chi connectivity index (χ0) is 13.4. The van der Waals surface area contributed by atoms with E-state index in [2.05, 4.69) is 48.9 Å². The molecule has 0 aliphatic rings. The highest BCUT2D eigenvalue weighted by Crippen LogP contribution is 2.09. The van der Waals surface area contributed by atoms with Gasteiger partial charge in [-0.25, -0.2) is 0 Å². The van der Waals surface area contributed by atoms with Crippen LogP contribution in [0.25, 0.3) is 0 Å². The summed E-state index contributed by atoms with van der Waals surface area (Å²) in [6.45, 7) is 2.85. The molecule has 0 atom stereocenters. The van der Waals surface area contributed by atoms with Crippen molar-refractivity contribution < 1.29 is 5.11 Å². The first-order valence-corrected chi connectivity index (χ1v) is 6.14. The molecule has 0 aliphatic heterocycles. The van der Waals surface area contributed by atoms with Crippen LogP contribution in [0.5, 0.6) is 0 Å². The van der Waals surface area contributed by atoms with E-state index in [-0.39, 0.29) is 6.61 Å². The highest BCUT2D eigenvalue weighted by atomic mass is 16.2. The first-order chi connectivity index (χ1) is 8.63. The van der Waals surface area contributed by atoms with E-state index in [1.165, 1.54) is 5.56 Å². The van der Waals surface area contributed by atoms with Crippen molar-refractivity contribution in [2.75, 3.05) is 40.8 Å². The van der Waals surface area contributed by atoms with Crippen molar-refractivity contribution >= 4 is 0 Å². The minimum atomic E-state index is -0.0925. The molecule has 0 amide bonds. The van der Waals surface area contributed by atoms with E-state index in [4.69, 9.17) is 5.11 Å². The van der Waals surface area contributed by atoms with Gasteiger partial charge in [0.05, 0.1) is 0 Å². The number of aliphatic hydroxyl groups is 1. The summed E-state index contributed by atoms with van der Waals surface area (Å²) >= 11 is 0. The van der Waals surface area contributed by atoms with Crippen molar-refractivity contribution in [1.29, 1.82) is 0 Å². The molecular weight excluding hydrogens is 224 g/mol. The molecule has 1 rings (SSSR count). The number of benzene rings is 1. The fraction of sp³-hybridized carbons (Fsp3) is 0.467. The molecule has 98 valence electrons. The molecule has 0 saturated heterocycles. The number of hydrogen-bond acceptors (Lipinski definition) is 3. The van der Waals surface area contributed by atoms with Crippen LogP contribution in [0.2, 0.25) is 0 Å². The summed E-state index contributed by atoms with van der Waals surface area (Å²) in [7, 11) is 6.27. The fourth-order valence-corrected chi connectivity index (χ4v) is 1.66. The maximum absolute atomic E-state index is 8.76. The van der Waals surface area contributed by atoms with Gasteiger partial charge in [0.25, 0.3) is 0 Å². The number of aliphatic hydroxyl groups excluding tert-OH is 1. The summed E-state index contributed by atoms with van der Waals surface area (Å²) in [5, 5.41) is 8.76. The highest BCUT2D eigenvalue weighted by molar-refractivity contribution is 5.41. The number of likely N-dealkylation sites (N-methyl/N-ethyl adjacent to an activating group) is 2. The molecule has 1 aromatic carbocycles. The lowest BCUT2D eigenvalue weighted by Gasteiger charge is -2.20. The van der Waals surface area contributed by atoms with Crippen LogP contribution < -0.4 is 0 Å². The minimum absolute atomic E-state index is 0.0925. The van der Waals surface area contributed by atoms with Crippen molar-refractivity contribution in [3.63, 3.8) is 0 Å². The Morgan fingerprint density at radius 2 is 1.83 bits per heavy atom. The van der Waals surface area contributed by atoms with Crippen LogP contribution in [0.4, 0.5) is 0 Å². The molecule has 0 spiro atoms. The zero-order valence-electron chi connectivity index (χ0n) is 11.5. The smallest absolute Gasteiger partial charge is 0.104 e. The molecule has 0 bridgehead atoms. The monoisotopic (exact) mass is 246 g/mol. The molecule has 3 heteroatoms. The van der Waals surface area contributed by atoms with Gasteiger partial charge in [0.1, 0.15) is 6.61 Å². The third-order valence-electron chi connectivity index (χ3n) is 2.69. The van der Waals surface area contributed by atoms with Crippen LogP contribution in [0.3, 0.4) is 0 Å². The van der Waals surface area contributed by atoms with Gasteiger partial charge in [0, 0.05) is 25.2 Å². The molecule has 0 saturated carbocycles. The standard InChI is InChI=1S/C15H22N2O/c1-16(2)10-11-17(3)13-15-8-5-4-7-14(15)9-6-12-18/h4-5,7-8,18H,10-13H2,1-3H3. The van der Waals surface area contributed by atoms with E-state index >= 15 is 0 Å². The van der Waals surface area contributed by atoms with Gasteiger partial charge in [-0.2, -0.15) is 0 Å². The molecular formula is C15H22N2O. The van der Waals surface area contributed by atoms with Crippen molar-refractivity contribution in [1.82, 2.24) is 9.80 Å². The van der Waals surface area contributed by atoms with E-state index in [0.29, 0.717) is 0 Å². The summed E-state index contributed by atoms with van der Waals surface area (Å²) in [6, 6.07) is 8.09. The predicted molar refractivity (Wildman–Crippen MR) is 75.3 cm³/mol. The molecule has 0 radical (unpaired) electrons.